The number of β-amino-alcohol motifs (C(OH)–C–C–N with tert-alkyl or cyclic N) is 1. The third-order valence-corrected chi connectivity index (χ3v) is 4.27. The van der Waals surface area contributed by atoms with Crippen LogP contribution in [0.25, 0.3) is 0 Å². The van der Waals surface area contributed by atoms with Gasteiger partial charge in [0.25, 0.3) is 0 Å². The van der Waals surface area contributed by atoms with Crippen LogP contribution >= 0.6 is 0 Å². The molecule has 0 unspecified atom stereocenters. The number of pyridine rings is 1. The molecule has 7 heteroatoms. The first kappa shape index (κ1) is 17.7. The van der Waals surface area contributed by atoms with E-state index in [1.165, 1.54) is 18.2 Å². The van der Waals surface area contributed by atoms with E-state index in [0.717, 1.165) is 17.5 Å². The molecule has 0 saturated carbocycles. The summed E-state index contributed by atoms with van der Waals surface area (Å²) in [5.41, 5.74) is 1.83. The van der Waals surface area contributed by atoms with Crippen LogP contribution in [0, 0.1) is 5.92 Å². The lowest BCUT2D eigenvalue weighted by Crippen LogP contribution is -2.21. The smallest absolute Gasteiger partial charge is 0.406 e. The molecule has 2 aromatic rings. The second kappa shape index (κ2) is 7.41. The van der Waals surface area contributed by atoms with Gasteiger partial charge in [0, 0.05) is 37.9 Å². The van der Waals surface area contributed by atoms with Gasteiger partial charge in [0.05, 0.1) is 6.10 Å². The monoisotopic (exact) mass is 352 g/mol. The molecule has 2 heterocycles. The number of benzene rings is 1. The van der Waals surface area contributed by atoms with Crippen LogP contribution in [0.1, 0.15) is 11.1 Å². The van der Waals surface area contributed by atoms with Crippen LogP contribution in [0.15, 0.2) is 48.8 Å². The van der Waals surface area contributed by atoms with Crippen molar-refractivity contribution in [1.82, 2.24) is 9.88 Å². The van der Waals surface area contributed by atoms with Crippen LogP contribution in [-0.2, 0) is 13.0 Å². The molecular weight excluding hydrogens is 333 g/mol. The summed E-state index contributed by atoms with van der Waals surface area (Å²) < 4.78 is 40.9. The summed E-state index contributed by atoms with van der Waals surface area (Å²) in [5, 5.41) is 10.3. The topological polar surface area (TPSA) is 45.6 Å². The zero-order chi connectivity index (χ0) is 17.9. The predicted molar refractivity (Wildman–Crippen MR) is 85.8 cm³/mol. The molecule has 1 saturated heterocycles. The zero-order valence-corrected chi connectivity index (χ0v) is 13.5. The van der Waals surface area contributed by atoms with Crippen LogP contribution in [0.4, 0.5) is 13.2 Å². The van der Waals surface area contributed by atoms with Crippen molar-refractivity contribution >= 4 is 0 Å². The van der Waals surface area contributed by atoms with Crippen molar-refractivity contribution in [1.29, 1.82) is 0 Å². The summed E-state index contributed by atoms with van der Waals surface area (Å²) in [7, 11) is 0. The fourth-order valence-corrected chi connectivity index (χ4v) is 3.19. The molecule has 1 aliphatic rings. The van der Waals surface area contributed by atoms with Gasteiger partial charge < -0.3 is 9.84 Å². The molecule has 134 valence electrons. The molecule has 1 aliphatic heterocycles. The Bertz CT molecular complexity index is 694. The summed E-state index contributed by atoms with van der Waals surface area (Å²) in [4.78, 5) is 6.02. The summed E-state index contributed by atoms with van der Waals surface area (Å²) >= 11 is 0. The van der Waals surface area contributed by atoms with Gasteiger partial charge in [0.1, 0.15) is 5.75 Å². The average molecular weight is 352 g/mol. The number of halogens is 3. The minimum Gasteiger partial charge on any atom is -0.406 e. The van der Waals surface area contributed by atoms with Gasteiger partial charge in [-0.05, 0) is 41.8 Å². The number of aliphatic hydroxyl groups excluding tert-OH is 1. The fraction of sp³-hybridized carbons (Fsp3) is 0.389. The molecule has 0 bridgehead atoms. The molecule has 0 aliphatic carbocycles. The number of hydrogen-bond donors (Lipinski definition) is 1. The maximum Gasteiger partial charge on any atom is 0.573 e. The summed E-state index contributed by atoms with van der Waals surface area (Å²) in [5.74, 6) is -0.130. The number of hydrogen-bond acceptors (Lipinski definition) is 4. The van der Waals surface area contributed by atoms with Crippen molar-refractivity contribution in [3.05, 3.63) is 59.9 Å². The number of aliphatic hydroxyl groups is 1. The molecule has 0 amide bonds. The van der Waals surface area contributed by atoms with Crippen molar-refractivity contribution in [2.24, 2.45) is 5.92 Å². The van der Waals surface area contributed by atoms with Gasteiger partial charge in [-0.25, -0.2) is 0 Å². The first-order valence-electron chi connectivity index (χ1n) is 8.03. The normalized spacial score (nSPS) is 21.4. The van der Waals surface area contributed by atoms with Gasteiger partial charge in [-0.2, -0.15) is 0 Å². The van der Waals surface area contributed by atoms with E-state index in [9.17, 15) is 18.3 Å². The Hall–Kier alpha value is -2.12. The van der Waals surface area contributed by atoms with Gasteiger partial charge in [-0.1, -0.05) is 12.1 Å². The number of alkyl halides is 3. The van der Waals surface area contributed by atoms with Crippen LogP contribution in [-0.4, -0.2) is 40.5 Å². The first-order chi connectivity index (χ1) is 11.9. The largest absolute Gasteiger partial charge is 0.573 e. The summed E-state index contributed by atoms with van der Waals surface area (Å²) in [6, 6.07) is 9.81. The molecule has 25 heavy (non-hydrogen) atoms. The molecule has 1 aromatic carbocycles. The van der Waals surface area contributed by atoms with Crippen molar-refractivity contribution in [2.75, 3.05) is 13.1 Å². The van der Waals surface area contributed by atoms with Crippen LogP contribution in [0.2, 0.25) is 0 Å². The molecule has 1 fully saturated rings. The van der Waals surface area contributed by atoms with E-state index in [0.29, 0.717) is 19.6 Å². The van der Waals surface area contributed by atoms with Crippen LogP contribution in [0.5, 0.6) is 5.75 Å². The Morgan fingerprint density at radius 2 is 1.88 bits per heavy atom. The van der Waals surface area contributed by atoms with Crippen molar-refractivity contribution in [3.8, 4) is 5.75 Å². The highest BCUT2D eigenvalue weighted by molar-refractivity contribution is 5.28. The predicted octanol–water partition coefficient (Wildman–Crippen LogP) is 3.02. The summed E-state index contributed by atoms with van der Waals surface area (Å²) in [6.45, 7) is 1.66. The molecule has 3 rings (SSSR count). The number of aromatic nitrogens is 1. The maximum absolute atomic E-state index is 12.3. The highest BCUT2D eigenvalue weighted by atomic mass is 19.4. The Balaban J connectivity index is 1.60. The molecule has 0 spiro atoms. The van der Waals surface area contributed by atoms with E-state index in [-0.39, 0.29) is 11.7 Å². The molecule has 1 aromatic heterocycles. The minimum atomic E-state index is -4.70. The second-order valence-corrected chi connectivity index (χ2v) is 6.28. The molecule has 0 radical (unpaired) electrons. The Morgan fingerprint density at radius 1 is 1.12 bits per heavy atom. The highest BCUT2D eigenvalue weighted by Gasteiger charge is 2.32. The molecular formula is C18H19F3N2O2. The zero-order valence-electron chi connectivity index (χ0n) is 13.5. The third kappa shape index (κ3) is 5.17. The lowest BCUT2D eigenvalue weighted by molar-refractivity contribution is -0.274. The minimum absolute atomic E-state index is 0.0945. The van der Waals surface area contributed by atoms with E-state index in [1.807, 2.05) is 17.0 Å². The van der Waals surface area contributed by atoms with E-state index < -0.39 is 12.5 Å². The van der Waals surface area contributed by atoms with Crippen LogP contribution in [0.3, 0.4) is 0 Å². The van der Waals surface area contributed by atoms with E-state index >= 15 is 0 Å². The Kier molecular flexibility index (Phi) is 5.24. The average Bonchev–Trinajstić information content (AvgIpc) is 2.86. The summed E-state index contributed by atoms with van der Waals surface area (Å²) in [6.07, 6.45) is -0.959. The molecule has 4 nitrogen and oxygen atoms in total. The maximum atomic E-state index is 12.3. The van der Waals surface area contributed by atoms with Gasteiger partial charge in [0.2, 0.25) is 0 Å². The van der Waals surface area contributed by atoms with Gasteiger partial charge in [0.15, 0.2) is 0 Å². The molecule has 2 atom stereocenters. The Labute approximate surface area is 143 Å². The van der Waals surface area contributed by atoms with Gasteiger partial charge >= 0.3 is 6.36 Å². The highest BCUT2D eigenvalue weighted by Crippen LogP contribution is 2.26. The lowest BCUT2D eigenvalue weighted by atomic mass is 9.97. The van der Waals surface area contributed by atoms with Gasteiger partial charge in [-0.15, -0.1) is 13.2 Å². The third-order valence-electron chi connectivity index (χ3n) is 4.27. The van der Waals surface area contributed by atoms with Crippen molar-refractivity contribution in [3.63, 3.8) is 0 Å². The molecule has 1 N–H and O–H groups in total. The van der Waals surface area contributed by atoms with E-state index in [1.54, 1.807) is 18.5 Å². The lowest BCUT2D eigenvalue weighted by Gasteiger charge is -2.16. The van der Waals surface area contributed by atoms with Gasteiger partial charge in [-0.3, -0.25) is 9.88 Å². The number of ether oxygens (including phenoxy) is 1. The number of likely N-dealkylation sites (tertiary alicyclic amines) is 1. The number of rotatable bonds is 5. The van der Waals surface area contributed by atoms with Crippen molar-refractivity contribution < 1.29 is 23.0 Å². The standard InChI is InChI=1S/C18H19F3N2O2/c19-18(20,21)25-16-3-1-2-14(9-16)10-23-11-15(17(24)12-23)8-13-4-6-22-7-5-13/h1-7,9,15,17,24H,8,10-12H2/t15-,17-/m1/s1. The fourth-order valence-electron chi connectivity index (χ4n) is 3.19. The number of nitrogens with zero attached hydrogens (tertiary/aromatic N) is 2. The second-order valence-electron chi connectivity index (χ2n) is 6.28. The van der Waals surface area contributed by atoms with E-state index in [4.69, 9.17) is 0 Å². The first-order valence-corrected chi connectivity index (χ1v) is 8.03. The Morgan fingerprint density at radius 3 is 2.60 bits per heavy atom. The van der Waals surface area contributed by atoms with Crippen molar-refractivity contribution in [2.45, 2.75) is 25.4 Å². The quantitative estimate of drug-likeness (QED) is 0.899. The SMILES string of the molecule is O[C@@H]1CN(Cc2cccc(OC(F)(F)F)c2)C[C@H]1Cc1ccncc1. The van der Waals surface area contributed by atoms with Crippen LogP contribution < -0.4 is 4.74 Å². The van der Waals surface area contributed by atoms with E-state index in [2.05, 4.69) is 9.72 Å².